The van der Waals surface area contributed by atoms with Crippen molar-refractivity contribution in [2.24, 2.45) is 0 Å². The Morgan fingerprint density at radius 2 is 1.57 bits per heavy atom. The summed E-state index contributed by atoms with van der Waals surface area (Å²) < 4.78 is 2.16. The monoisotopic (exact) mass is 417 g/mol. The zero-order chi connectivity index (χ0) is 21.4. The van der Waals surface area contributed by atoms with E-state index < -0.39 is 0 Å². The molecule has 1 saturated heterocycles. The second-order valence-electron chi connectivity index (χ2n) is 7.43. The molecule has 1 aromatic heterocycles. The van der Waals surface area contributed by atoms with Gasteiger partial charge in [0.05, 0.1) is 10.6 Å². The first kappa shape index (κ1) is 20.0. The van der Waals surface area contributed by atoms with E-state index in [1.165, 1.54) is 4.90 Å². The number of carbonyl (C=O) groups is 2. The lowest BCUT2D eigenvalue weighted by atomic mass is 10.2. The van der Waals surface area contributed by atoms with E-state index in [1.807, 2.05) is 58.3 Å². The number of anilines is 2. The van der Waals surface area contributed by atoms with E-state index in [-0.39, 0.29) is 11.1 Å². The molecule has 0 bridgehead atoms. The van der Waals surface area contributed by atoms with Crippen molar-refractivity contribution in [1.82, 2.24) is 4.57 Å². The summed E-state index contributed by atoms with van der Waals surface area (Å²) in [5.74, 6) is -0.281. The van der Waals surface area contributed by atoms with Crippen LogP contribution in [0.2, 0.25) is 0 Å². The zero-order valence-electron chi connectivity index (χ0n) is 17.4. The third-order valence-corrected chi connectivity index (χ3v) is 6.06. The Morgan fingerprint density at radius 1 is 0.900 bits per heavy atom. The predicted molar refractivity (Wildman–Crippen MR) is 124 cm³/mol. The van der Waals surface area contributed by atoms with E-state index in [9.17, 15) is 9.59 Å². The van der Waals surface area contributed by atoms with Gasteiger partial charge in [-0.25, -0.2) is 4.90 Å². The lowest BCUT2D eigenvalue weighted by molar-refractivity contribution is -0.113. The molecule has 3 aromatic rings. The molecule has 1 aliphatic rings. The fraction of sp³-hybridized carbons (Fsp3) is 0.167. The van der Waals surface area contributed by atoms with E-state index in [4.69, 9.17) is 0 Å². The van der Waals surface area contributed by atoms with Crippen LogP contribution in [0.25, 0.3) is 11.8 Å². The van der Waals surface area contributed by atoms with E-state index in [2.05, 4.69) is 33.7 Å². The molecule has 4 rings (SSSR count). The third-order valence-electron chi connectivity index (χ3n) is 5.19. The average Bonchev–Trinajstić information content (AvgIpc) is 3.17. The molecule has 0 spiro atoms. The van der Waals surface area contributed by atoms with Crippen LogP contribution in [0.3, 0.4) is 0 Å². The number of amides is 2. The Labute approximate surface area is 180 Å². The third kappa shape index (κ3) is 3.55. The molecule has 0 atom stereocenters. The molecule has 1 fully saturated rings. The Morgan fingerprint density at radius 3 is 2.20 bits per heavy atom. The fourth-order valence-corrected chi connectivity index (χ4v) is 4.47. The number of benzene rings is 2. The molecule has 2 heterocycles. The molecular weight excluding hydrogens is 394 g/mol. The summed E-state index contributed by atoms with van der Waals surface area (Å²) in [5, 5.41) is -0.273. The van der Waals surface area contributed by atoms with E-state index in [1.54, 1.807) is 12.1 Å². The van der Waals surface area contributed by atoms with Gasteiger partial charge in [0.1, 0.15) is 0 Å². The number of rotatable bonds is 4. The maximum atomic E-state index is 12.9. The molecule has 0 saturated carbocycles. The van der Waals surface area contributed by atoms with Crippen LogP contribution in [0.15, 0.2) is 65.6 Å². The first-order valence-electron chi connectivity index (χ1n) is 9.66. The van der Waals surface area contributed by atoms with Gasteiger partial charge in [0.25, 0.3) is 11.1 Å². The highest BCUT2D eigenvalue weighted by atomic mass is 32.2. The fourth-order valence-electron chi connectivity index (χ4n) is 3.64. The SMILES string of the molecule is Cc1cc(C=C2SC(=O)N(c3ccccc3)C2=O)c(C)n1-c1ccc(N(C)C)cc1. The highest BCUT2D eigenvalue weighted by molar-refractivity contribution is 8.19. The largest absolute Gasteiger partial charge is 0.378 e. The van der Waals surface area contributed by atoms with Crippen molar-refractivity contribution in [1.29, 1.82) is 0 Å². The quantitative estimate of drug-likeness (QED) is 0.533. The van der Waals surface area contributed by atoms with Gasteiger partial charge in [-0.05, 0) is 79.7 Å². The number of para-hydroxylation sites is 1. The van der Waals surface area contributed by atoms with Crippen molar-refractivity contribution in [3.05, 3.63) is 82.5 Å². The molecule has 152 valence electrons. The van der Waals surface area contributed by atoms with Gasteiger partial charge in [-0.3, -0.25) is 9.59 Å². The zero-order valence-corrected chi connectivity index (χ0v) is 18.2. The molecule has 0 radical (unpaired) electrons. The first-order valence-corrected chi connectivity index (χ1v) is 10.5. The number of thioether (sulfide) groups is 1. The van der Waals surface area contributed by atoms with E-state index in [0.717, 1.165) is 40.1 Å². The minimum Gasteiger partial charge on any atom is -0.378 e. The Hall–Kier alpha value is -3.25. The highest BCUT2D eigenvalue weighted by Crippen LogP contribution is 2.36. The van der Waals surface area contributed by atoms with Gasteiger partial charge >= 0.3 is 0 Å². The van der Waals surface area contributed by atoms with Crippen LogP contribution in [0.1, 0.15) is 17.0 Å². The average molecular weight is 418 g/mol. The van der Waals surface area contributed by atoms with Gasteiger partial charge in [0.15, 0.2) is 0 Å². The van der Waals surface area contributed by atoms with Crippen molar-refractivity contribution in [2.45, 2.75) is 13.8 Å². The molecule has 5 nitrogen and oxygen atoms in total. The number of nitrogens with zero attached hydrogens (tertiary/aromatic N) is 3. The Kier molecular flexibility index (Phi) is 5.26. The summed E-state index contributed by atoms with van der Waals surface area (Å²) >= 11 is 0.980. The van der Waals surface area contributed by atoms with Crippen molar-refractivity contribution >= 4 is 40.4 Å². The van der Waals surface area contributed by atoms with Crippen LogP contribution in [0.4, 0.5) is 16.2 Å². The molecule has 2 aromatic carbocycles. The van der Waals surface area contributed by atoms with Crippen molar-refractivity contribution in [3.63, 3.8) is 0 Å². The number of hydrogen-bond acceptors (Lipinski definition) is 4. The van der Waals surface area contributed by atoms with Crippen LogP contribution in [-0.2, 0) is 4.79 Å². The lowest BCUT2D eigenvalue weighted by Crippen LogP contribution is -2.27. The van der Waals surface area contributed by atoms with Gasteiger partial charge in [-0.15, -0.1) is 0 Å². The Balaban J connectivity index is 1.67. The summed E-state index contributed by atoms with van der Waals surface area (Å²) in [6, 6.07) is 19.4. The second kappa shape index (κ2) is 7.88. The molecular formula is C24H23N3O2S. The number of imide groups is 1. The number of hydrogen-bond donors (Lipinski definition) is 0. The van der Waals surface area contributed by atoms with Crippen LogP contribution >= 0.6 is 11.8 Å². The maximum Gasteiger partial charge on any atom is 0.298 e. The minimum atomic E-state index is -0.281. The van der Waals surface area contributed by atoms with E-state index >= 15 is 0 Å². The summed E-state index contributed by atoms with van der Waals surface area (Å²) in [7, 11) is 4.03. The smallest absolute Gasteiger partial charge is 0.298 e. The highest BCUT2D eigenvalue weighted by Gasteiger charge is 2.36. The molecule has 0 aliphatic carbocycles. The second-order valence-corrected chi connectivity index (χ2v) is 8.42. The molecule has 1 aliphatic heterocycles. The Bertz CT molecular complexity index is 1150. The van der Waals surface area contributed by atoms with Crippen LogP contribution < -0.4 is 9.80 Å². The first-order chi connectivity index (χ1) is 14.4. The maximum absolute atomic E-state index is 12.9. The van der Waals surface area contributed by atoms with E-state index in [0.29, 0.717) is 10.6 Å². The number of aromatic nitrogens is 1. The normalized spacial score (nSPS) is 15.3. The van der Waals surface area contributed by atoms with Crippen LogP contribution in [0.5, 0.6) is 0 Å². The van der Waals surface area contributed by atoms with Gasteiger partial charge in [-0.1, -0.05) is 18.2 Å². The van der Waals surface area contributed by atoms with Crippen molar-refractivity contribution in [2.75, 3.05) is 23.9 Å². The van der Waals surface area contributed by atoms with Gasteiger partial charge in [0, 0.05) is 36.9 Å². The summed E-state index contributed by atoms with van der Waals surface area (Å²) in [6.07, 6.45) is 1.82. The molecule has 30 heavy (non-hydrogen) atoms. The van der Waals surface area contributed by atoms with Crippen LogP contribution in [-0.4, -0.2) is 29.8 Å². The number of carbonyl (C=O) groups excluding carboxylic acids is 2. The standard InChI is InChI=1S/C24H23N3O2S/c1-16-14-18(17(2)26(16)21-12-10-19(11-13-21)25(3)4)15-22-23(28)27(24(29)30-22)20-8-6-5-7-9-20/h5-15H,1-4H3. The topological polar surface area (TPSA) is 45.6 Å². The van der Waals surface area contributed by atoms with Gasteiger partial charge in [0.2, 0.25) is 0 Å². The molecule has 0 N–H and O–H groups in total. The summed E-state index contributed by atoms with van der Waals surface area (Å²) in [6.45, 7) is 4.07. The van der Waals surface area contributed by atoms with Crippen molar-refractivity contribution < 1.29 is 9.59 Å². The summed E-state index contributed by atoms with van der Waals surface area (Å²) in [5.41, 5.74) is 5.82. The van der Waals surface area contributed by atoms with Crippen molar-refractivity contribution in [3.8, 4) is 5.69 Å². The molecule has 2 amide bonds. The lowest BCUT2D eigenvalue weighted by Gasteiger charge is -2.15. The number of aryl methyl sites for hydroxylation is 1. The summed E-state index contributed by atoms with van der Waals surface area (Å²) in [4.78, 5) is 29.1. The predicted octanol–water partition coefficient (Wildman–Crippen LogP) is 5.40. The van der Waals surface area contributed by atoms with Gasteiger partial charge in [-0.2, -0.15) is 0 Å². The molecule has 0 unspecified atom stereocenters. The van der Waals surface area contributed by atoms with Gasteiger partial charge < -0.3 is 9.47 Å². The molecule has 6 heteroatoms. The van der Waals surface area contributed by atoms with Crippen LogP contribution in [0, 0.1) is 13.8 Å². The minimum absolute atomic E-state index is 0.273.